The molecule has 0 atom stereocenters. The number of aryl methyl sites for hydroxylation is 2. The Kier molecular flexibility index (Phi) is 3.95. The minimum absolute atomic E-state index is 0.289. The van der Waals surface area contributed by atoms with Gasteiger partial charge >= 0.3 is 0 Å². The van der Waals surface area contributed by atoms with E-state index in [0.29, 0.717) is 22.0 Å². The quantitative estimate of drug-likeness (QED) is 0.824. The van der Waals surface area contributed by atoms with E-state index in [-0.39, 0.29) is 11.5 Å². The first-order chi connectivity index (χ1) is 9.38. The fourth-order valence-corrected chi connectivity index (χ4v) is 2.03. The molecule has 0 heterocycles. The van der Waals surface area contributed by atoms with Gasteiger partial charge in [0, 0.05) is 11.3 Å². The number of hydrogen-bond donors (Lipinski definition) is 2. The van der Waals surface area contributed by atoms with Crippen molar-refractivity contribution in [3.8, 4) is 0 Å². The molecule has 0 aromatic heterocycles. The molecule has 0 saturated carbocycles. The Morgan fingerprint density at radius 3 is 2.60 bits per heavy atom. The maximum atomic E-state index is 13.2. The van der Waals surface area contributed by atoms with Crippen molar-refractivity contribution < 1.29 is 9.18 Å². The molecule has 2 aromatic rings. The van der Waals surface area contributed by atoms with Crippen LogP contribution in [-0.4, -0.2) is 5.91 Å². The highest BCUT2D eigenvalue weighted by molar-refractivity contribution is 6.33. The van der Waals surface area contributed by atoms with Crippen LogP contribution in [0.25, 0.3) is 0 Å². The van der Waals surface area contributed by atoms with Gasteiger partial charge < -0.3 is 11.1 Å². The fourth-order valence-electron chi connectivity index (χ4n) is 1.87. The Morgan fingerprint density at radius 2 is 1.90 bits per heavy atom. The Balaban J connectivity index is 2.32. The summed E-state index contributed by atoms with van der Waals surface area (Å²) in [7, 11) is 0. The van der Waals surface area contributed by atoms with E-state index < -0.39 is 5.82 Å². The zero-order chi connectivity index (χ0) is 14.9. The molecular formula is C15H14ClFN2O. The third-order valence-electron chi connectivity index (χ3n) is 3.04. The summed E-state index contributed by atoms with van der Waals surface area (Å²) in [5.41, 5.74) is 8.46. The Hall–Kier alpha value is -2.07. The second kappa shape index (κ2) is 5.51. The first kappa shape index (κ1) is 14.3. The summed E-state index contributed by atoms with van der Waals surface area (Å²) < 4.78 is 13.2. The number of carbonyl (C=O) groups is 1. The lowest BCUT2D eigenvalue weighted by Gasteiger charge is -2.11. The Labute approximate surface area is 121 Å². The molecule has 0 saturated heterocycles. The summed E-state index contributed by atoms with van der Waals surface area (Å²) in [4.78, 5) is 12.2. The van der Waals surface area contributed by atoms with Crippen LogP contribution < -0.4 is 11.1 Å². The van der Waals surface area contributed by atoms with Gasteiger partial charge in [0.2, 0.25) is 0 Å². The molecule has 3 nitrogen and oxygen atoms in total. The average molecular weight is 293 g/mol. The van der Waals surface area contributed by atoms with Crippen LogP contribution in [0.5, 0.6) is 0 Å². The summed E-state index contributed by atoms with van der Waals surface area (Å²) in [6, 6.07) is 7.35. The Morgan fingerprint density at radius 1 is 1.20 bits per heavy atom. The number of hydrogen-bond acceptors (Lipinski definition) is 2. The third kappa shape index (κ3) is 2.91. The first-order valence-electron chi connectivity index (χ1n) is 6.01. The monoisotopic (exact) mass is 292 g/mol. The minimum atomic E-state index is -0.451. The molecular weight excluding hydrogens is 279 g/mol. The number of nitrogens with one attached hydrogen (secondary N) is 1. The summed E-state index contributed by atoms with van der Waals surface area (Å²) in [6.45, 7) is 3.55. The van der Waals surface area contributed by atoms with E-state index in [9.17, 15) is 9.18 Å². The summed E-state index contributed by atoms with van der Waals surface area (Å²) in [5, 5.41) is 3.08. The highest BCUT2D eigenvalue weighted by atomic mass is 35.5. The van der Waals surface area contributed by atoms with E-state index in [1.807, 2.05) is 0 Å². The molecule has 0 fully saturated rings. The SMILES string of the molecule is Cc1cc(N)c(Cl)cc1NC(=O)c1cc(F)ccc1C. The number of nitrogen functional groups attached to an aromatic ring is 1. The second-order valence-electron chi connectivity index (χ2n) is 4.60. The van der Waals surface area contributed by atoms with Crippen molar-refractivity contribution in [1.82, 2.24) is 0 Å². The lowest BCUT2D eigenvalue weighted by Crippen LogP contribution is -2.14. The van der Waals surface area contributed by atoms with Gasteiger partial charge in [-0.25, -0.2) is 4.39 Å². The summed E-state index contributed by atoms with van der Waals surface area (Å²) >= 11 is 5.94. The molecule has 0 aliphatic rings. The molecule has 20 heavy (non-hydrogen) atoms. The van der Waals surface area contributed by atoms with Crippen LogP contribution in [0, 0.1) is 19.7 Å². The normalized spacial score (nSPS) is 10.4. The number of halogens is 2. The first-order valence-corrected chi connectivity index (χ1v) is 6.39. The molecule has 0 aliphatic carbocycles. The predicted octanol–water partition coefficient (Wildman–Crippen LogP) is 3.93. The average Bonchev–Trinajstić information content (AvgIpc) is 2.38. The van der Waals surface area contributed by atoms with Gasteiger partial charge in [-0.05, 0) is 49.2 Å². The Bertz CT molecular complexity index is 686. The molecule has 0 aliphatic heterocycles. The van der Waals surface area contributed by atoms with Crippen LogP contribution >= 0.6 is 11.6 Å². The fraction of sp³-hybridized carbons (Fsp3) is 0.133. The van der Waals surface area contributed by atoms with Gasteiger partial charge in [0.25, 0.3) is 5.91 Å². The van der Waals surface area contributed by atoms with E-state index in [1.54, 1.807) is 32.0 Å². The van der Waals surface area contributed by atoms with Crippen molar-refractivity contribution in [2.24, 2.45) is 0 Å². The molecule has 0 spiro atoms. The third-order valence-corrected chi connectivity index (χ3v) is 3.36. The largest absolute Gasteiger partial charge is 0.398 e. The van der Waals surface area contributed by atoms with Crippen LogP contribution in [0.2, 0.25) is 5.02 Å². The number of rotatable bonds is 2. The molecule has 3 N–H and O–H groups in total. The van der Waals surface area contributed by atoms with E-state index in [2.05, 4.69) is 5.32 Å². The minimum Gasteiger partial charge on any atom is -0.398 e. The van der Waals surface area contributed by atoms with Crippen molar-refractivity contribution >= 4 is 28.9 Å². The highest BCUT2D eigenvalue weighted by Gasteiger charge is 2.12. The number of nitrogens with two attached hydrogens (primary N) is 1. The van der Waals surface area contributed by atoms with Gasteiger partial charge in [-0.1, -0.05) is 17.7 Å². The van der Waals surface area contributed by atoms with Crippen LogP contribution in [0.15, 0.2) is 30.3 Å². The van der Waals surface area contributed by atoms with E-state index >= 15 is 0 Å². The van der Waals surface area contributed by atoms with Crippen LogP contribution in [-0.2, 0) is 0 Å². The summed E-state index contributed by atoms with van der Waals surface area (Å²) in [6.07, 6.45) is 0. The number of anilines is 2. The van der Waals surface area contributed by atoms with Crippen molar-refractivity contribution in [3.05, 3.63) is 57.9 Å². The zero-order valence-corrected chi connectivity index (χ0v) is 11.9. The molecule has 0 unspecified atom stereocenters. The van der Waals surface area contributed by atoms with Gasteiger partial charge in [-0.15, -0.1) is 0 Å². The van der Waals surface area contributed by atoms with Crippen LogP contribution in [0.4, 0.5) is 15.8 Å². The van der Waals surface area contributed by atoms with Gasteiger partial charge in [-0.2, -0.15) is 0 Å². The van der Waals surface area contributed by atoms with Crippen molar-refractivity contribution in [1.29, 1.82) is 0 Å². The standard InChI is InChI=1S/C15H14ClFN2O/c1-8-3-4-10(17)6-11(8)15(20)19-14-7-12(16)13(18)5-9(14)2/h3-7H,18H2,1-2H3,(H,19,20). The lowest BCUT2D eigenvalue weighted by atomic mass is 10.1. The van der Waals surface area contributed by atoms with E-state index in [0.717, 1.165) is 5.56 Å². The van der Waals surface area contributed by atoms with Crippen molar-refractivity contribution in [2.45, 2.75) is 13.8 Å². The smallest absolute Gasteiger partial charge is 0.256 e. The molecule has 5 heteroatoms. The van der Waals surface area contributed by atoms with E-state index in [1.165, 1.54) is 12.1 Å². The second-order valence-corrected chi connectivity index (χ2v) is 5.01. The number of benzene rings is 2. The molecule has 0 bridgehead atoms. The molecule has 104 valence electrons. The number of amides is 1. The molecule has 1 amide bonds. The van der Waals surface area contributed by atoms with Crippen molar-refractivity contribution in [3.63, 3.8) is 0 Å². The molecule has 0 radical (unpaired) electrons. The molecule has 2 rings (SSSR count). The molecule has 2 aromatic carbocycles. The van der Waals surface area contributed by atoms with Gasteiger partial charge in [0.15, 0.2) is 0 Å². The van der Waals surface area contributed by atoms with E-state index in [4.69, 9.17) is 17.3 Å². The topological polar surface area (TPSA) is 55.1 Å². The van der Waals surface area contributed by atoms with Crippen LogP contribution in [0.3, 0.4) is 0 Å². The van der Waals surface area contributed by atoms with Gasteiger partial charge in [0.1, 0.15) is 5.82 Å². The predicted molar refractivity (Wildman–Crippen MR) is 79.7 cm³/mol. The lowest BCUT2D eigenvalue weighted by molar-refractivity contribution is 0.102. The van der Waals surface area contributed by atoms with Crippen molar-refractivity contribution in [2.75, 3.05) is 11.1 Å². The van der Waals surface area contributed by atoms with Crippen LogP contribution in [0.1, 0.15) is 21.5 Å². The number of carbonyl (C=O) groups excluding carboxylic acids is 1. The maximum Gasteiger partial charge on any atom is 0.256 e. The summed E-state index contributed by atoms with van der Waals surface area (Å²) in [5.74, 6) is -0.834. The van der Waals surface area contributed by atoms with Gasteiger partial charge in [-0.3, -0.25) is 4.79 Å². The maximum absolute atomic E-state index is 13.2. The highest BCUT2D eigenvalue weighted by Crippen LogP contribution is 2.27. The zero-order valence-electron chi connectivity index (χ0n) is 11.1. The van der Waals surface area contributed by atoms with Gasteiger partial charge in [0.05, 0.1) is 10.7 Å².